The van der Waals surface area contributed by atoms with Crippen molar-refractivity contribution in [1.29, 1.82) is 0 Å². The van der Waals surface area contributed by atoms with Crippen LogP contribution in [0.15, 0.2) is 48.5 Å². The molecule has 0 aliphatic heterocycles. The van der Waals surface area contributed by atoms with Crippen LogP contribution in [0.3, 0.4) is 0 Å². The van der Waals surface area contributed by atoms with Gasteiger partial charge in [-0.05, 0) is 63.9 Å². The number of carbonyl (C=O) groups excluding carboxylic acids is 3. The summed E-state index contributed by atoms with van der Waals surface area (Å²) in [5.41, 5.74) is 1.96. The number of nitrogens with one attached hydrogen (secondary N) is 3. The van der Waals surface area contributed by atoms with E-state index in [4.69, 9.17) is 9.47 Å². The lowest BCUT2D eigenvalue weighted by Gasteiger charge is -2.19. The molecule has 0 saturated carbocycles. The van der Waals surface area contributed by atoms with Crippen molar-refractivity contribution in [2.24, 2.45) is 0 Å². The first-order chi connectivity index (χ1) is 15.6. The summed E-state index contributed by atoms with van der Waals surface area (Å²) in [5.74, 6) is 0.343. The number of alkyl carbamates (subject to hydrolysis) is 1. The predicted molar refractivity (Wildman–Crippen MR) is 127 cm³/mol. The highest BCUT2D eigenvalue weighted by Gasteiger charge is 2.16. The maximum absolute atomic E-state index is 12.1. The number of benzene rings is 2. The van der Waals surface area contributed by atoms with Gasteiger partial charge in [-0.3, -0.25) is 9.59 Å². The molecule has 3 N–H and O–H groups in total. The molecule has 0 spiro atoms. The van der Waals surface area contributed by atoms with E-state index in [-0.39, 0.29) is 18.4 Å². The molecule has 0 heterocycles. The summed E-state index contributed by atoms with van der Waals surface area (Å²) >= 11 is 0. The Hall–Kier alpha value is -3.55. The zero-order chi connectivity index (χ0) is 24.3. The van der Waals surface area contributed by atoms with Crippen LogP contribution in [-0.2, 0) is 20.9 Å². The molecule has 8 nitrogen and oxygen atoms in total. The maximum atomic E-state index is 12.1. The minimum Gasteiger partial charge on any atom is -0.494 e. The van der Waals surface area contributed by atoms with Crippen LogP contribution in [0.2, 0.25) is 0 Å². The Labute approximate surface area is 195 Å². The van der Waals surface area contributed by atoms with E-state index in [2.05, 4.69) is 16.0 Å². The average molecular weight is 456 g/mol. The molecule has 0 unspecified atom stereocenters. The van der Waals surface area contributed by atoms with Gasteiger partial charge in [0.2, 0.25) is 11.8 Å². The number of hydrogen-bond acceptors (Lipinski definition) is 5. The molecule has 0 fully saturated rings. The molecular weight excluding hydrogens is 422 g/mol. The van der Waals surface area contributed by atoms with Crippen LogP contribution in [0.4, 0.5) is 10.5 Å². The van der Waals surface area contributed by atoms with Gasteiger partial charge in [0.15, 0.2) is 0 Å². The van der Waals surface area contributed by atoms with Crippen molar-refractivity contribution in [3.8, 4) is 5.75 Å². The average Bonchev–Trinajstić information content (AvgIpc) is 2.74. The lowest BCUT2D eigenvalue weighted by Crippen LogP contribution is -2.37. The van der Waals surface area contributed by atoms with E-state index < -0.39 is 11.7 Å². The van der Waals surface area contributed by atoms with Crippen LogP contribution in [0.1, 0.15) is 44.7 Å². The topological polar surface area (TPSA) is 106 Å². The molecule has 0 radical (unpaired) electrons. The van der Waals surface area contributed by atoms with E-state index in [0.29, 0.717) is 31.7 Å². The lowest BCUT2D eigenvalue weighted by molar-refractivity contribution is -0.121. The monoisotopic (exact) mass is 455 g/mol. The molecule has 0 aliphatic carbocycles. The Morgan fingerprint density at radius 2 is 1.67 bits per heavy atom. The number of aryl methyl sites for hydroxylation is 1. The highest BCUT2D eigenvalue weighted by Crippen LogP contribution is 2.13. The van der Waals surface area contributed by atoms with Gasteiger partial charge in [-0.15, -0.1) is 0 Å². The molecule has 178 valence electrons. The highest BCUT2D eigenvalue weighted by molar-refractivity contribution is 5.93. The van der Waals surface area contributed by atoms with Crippen molar-refractivity contribution in [2.45, 2.75) is 52.7 Å². The fourth-order valence-corrected chi connectivity index (χ4v) is 2.78. The third-order valence-electron chi connectivity index (χ3n) is 4.33. The molecule has 0 bridgehead atoms. The number of carbonyl (C=O) groups is 3. The van der Waals surface area contributed by atoms with Crippen molar-refractivity contribution in [3.05, 3.63) is 59.7 Å². The summed E-state index contributed by atoms with van der Waals surface area (Å²) in [6, 6.07) is 14.9. The second-order valence-electron chi connectivity index (χ2n) is 8.65. The Kier molecular flexibility index (Phi) is 9.72. The largest absolute Gasteiger partial charge is 0.494 e. The first-order valence-corrected chi connectivity index (χ1v) is 10.9. The zero-order valence-electron chi connectivity index (χ0n) is 19.7. The second-order valence-corrected chi connectivity index (χ2v) is 8.65. The third kappa shape index (κ3) is 11.0. The highest BCUT2D eigenvalue weighted by atomic mass is 16.6. The zero-order valence-corrected chi connectivity index (χ0v) is 19.7. The first-order valence-electron chi connectivity index (χ1n) is 10.9. The SMILES string of the molecule is Cc1ccc(OCCCC(=O)NCc2cccc(NC(=O)CNC(=O)OC(C)(C)C)c2)cc1. The van der Waals surface area contributed by atoms with Gasteiger partial charge in [-0.2, -0.15) is 0 Å². The fourth-order valence-electron chi connectivity index (χ4n) is 2.78. The summed E-state index contributed by atoms with van der Waals surface area (Å²) < 4.78 is 10.7. The summed E-state index contributed by atoms with van der Waals surface area (Å²) in [4.78, 5) is 35.8. The van der Waals surface area contributed by atoms with Crippen LogP contribution in [0.5, 0.6) is 5.75 Å². The fraction of sp³-hybridized carbons (Fsp3) is 0.400. The maximum Gasteiger partial charge on any atom is 0.408 e. The van der Waals surface area contributed by atoms with E-state index in [1.807, 2.05) is 37.3 Å². The molecule has 3 amide bonds. The molecule has 0 saturated heterocycles. The van der Waals surface area contributed by atoms with E-state index in [0.717, 1.165) is 11.3 Å². The normalized spacial score (nSPS) is 10.8. The molecule has 0 atom stereocenters. The Bertz CT molecular complexity index is 936. The quantitative estimate of drug-likeness (QED) is 0.471. The van der Waals surface area contributed by atoms with Gasteiger partial charge >= 0.3 is 6.09 Å². The van der Waals surface area contributed by atoms with E-state index in [9.17, 15) is 14.4 Å². The molecule has 2 rings (SSSR count). The van der Waals surface area contributed by atoms with E-state index in [1.54, 1.807) is 39.0 Å². The van der Waals surface area contributed by atoms with Crippen LogP contribution in [0.25, 0.3) is 0 Å². The minimum absolute atomic E-state index is 0.0708. The van der Waals surface area contributed by atoms with Crippen LogP contribution in [-0.4, -0.2) is 36.7 Å². The molecule has 0 aromatic heterocycles. The lowest BCUT2D eigenvalue weighted by atomic mass is 10.2. The summed E-state index contributed by atoms with van der Waals surface area (Å²) in [6.45, 7) is 7.86. The molecule has 2 aromatic rings. The summed E-state index contributed by atoms with van der Waals surface area (Å²) in [6.07, 6.45) is 0.317. The van der Waals surface area contributed by atoms with Crippen molar-refractivity contribution in [2.75, 3.05) is 18.5 Å². The van der Waals surface area contributed by atoms with Crippen molar-refractivity contribution in [1.82, 2.24) is 10.6 Å². The van der Waals surface area contributed by atoms with Crippen molar-refractivity contribution in [3.63, 3.8) is 0 Å². The van der Waals surface area contributed by atoms with Crippen molar-refractivity contribution < 1.29 is 23.9 Å². The van der Waals surface area contributed by atoms with Gasteiger partial charge < -0.3 is 25.4 Å². The van der Waals surface area contributed by atoms with Crippen LogP contribution >= 0.6 is 0 Å². The third-order valence-corrected chi connectivity index (χ3v) is 4.33. The molecular formula is C25H33N3O5. The molecule has 2 aromatic carbocycles. The van der Waals surface area contributed by atoms with Gasteiger partial charge in [0.1, 0.15) is 17.9 Å². The smallest absolute Gasteiger partial charge is 0.408 e. The minimum atomic E-state index is -0.654. The number of ether oxygens (including phenoxy) is 2. The molecule has 33 heavy (non-hydrogen) atoms. The summed E-state index contributed by atoms with van der Waals surface area (Å²) in [7, 11) is 0. The van der Waals surface area contributed by atoms with E-state index in [1.165, 1.54) is 5.56 Å². The number of anilines is 1. The Balaban J connectivity index is 1.67. The number of hydrogen-bond donors (Lipinski definition) is 3. The van der Waals surface area contributed by atoms with Gasteiger partial charge in [-0.1, -0.05) is 29.8 Å². The molecule has 8 heteroatoms. The second kappa shape index (κ2) is 12.5. The standard InChI is InChI=1S/C25H33N3O5/c1-18-10-12-21(13-11-18)32-14-6-9-22(29)26-16-19-7-5-8-20(15-19)28-23(30)17-27-24(31)33-25(2,3)4/h5,7-8,10-13,15H,6,9,14,16-17H2,1-4H3,(H,26,29)(H,27,31)(H,28,30). The molecule has 0 aliphatic rings. The van der Waals surface area contributed by atoms with Gasteiger partial charge in [0.25, 0.3) is 0 Å². The number of amides is 3. The predicted octanol–water partition coefficient (Wildman–Crippen LogP) is 3.93. The Morgan fingerprint density at radius 1 is 0.939 bits per heavy atom. The van der Waals surface area contributed by atoms with E-state index >= 15 is 0 Å². The Morgan fingerprint density at radius 3 is 2.36 bits per heavy atom. The summed E-state index contributed by atoms with van der Waals surface area (Å²) in [5, 5.41) is 7.99. The first kappa shape index (κ1) is 25.7. The van der Waals surface area contributed by atoms with Crippen LogP contribution < -0.4 is 20.7 Å². The van der Waals surface area contributed by atoms with Gasteiger partial charge in [0, 0.05) is 18.7 Å². The van der Waals surface area contributed by atoms with Crippen LogP contribution in [0, 0.1) is 6.92 Å². The van der Waals surface area contributed by atoms with Crippen molar-refractivity contribution >= 4 is 23.6 Å². The van der Waals surface area contributed by atoms with Gasteiger partial charge in [-0.25, -0.2) is 4.79 Å². The van der Waals surface area contributed by atoms with Gasteiger partial charge in [0.05, 0.1) is 6.61 Å². The number of rotatable bonds is 10.